The summed E-state index contributed by atoms with van der Waals surface area (Å²) >= 11 is 0. The van der Waals surface area contributed by atoms with E-state index in [1.165, 1.54) is 0 Å². The summed E-state index contributed by atoms with van der Waals surface area (Å²) in [4.78, 5) is 26.3. The van der Waals surface area contributed by atoms with Crippen molar-refractivity contribution in [3.8, 4) is 11.5 Å². The summed E-state index contributed by atoms with van der Waals surface area (Å²) in [5.41, 5.74) is 1.54. The van der Waals surface area contributed by atoms with Crippen LogP contribution in [-0.2, 0) is 0 Å². The molecule has 0 spiro atoms. The van der Waals surface area contributed by atoms with Crippen LogP contribution in [-0.4, -0.2) is 61.2 Å². The fraction of sp³-hybridized carbons (Fsp3) is 0.476. The number of hydrogen-bond acceptors (Lipinski definition) is 6. The van der Waals surface area contributed by atoms with Gasteiger partial charge >= 0.3 is 0 Å². The molecule has 28 heavy (non-hydrogen) atoms. The number of aromatic nitrogens is 2. The van der Waals surface area contributed by atoms with Crippen molar-refractivity contribution in [2.75, 3.05) is 45.3 Å². The Morgan fingerprint density at radius 2 is 1.57 bits per heavy atom. The second kappa shape index (κ2) is 8.46. The molecule has 1 aliphatic heterocycles. The van der Waals surface area contributed by atoms with E-state index in [1.807, 2.05) is 17.9 Å². The topological polar surface area (TPSA) is 67.8 Å². The van der Waals surface area contributed by atoms with E-state index < -0.39 is 0 Å². The van der Waals surface area contributed by atoms with Crippen molar-refractivity contribution in [1.29, 1.82) is 0 Å². The first-order valence-corrected chi connectivity index (χ1v) is 9.54. The zero-order valence-corrected chi connectivity index (χ0v) is 17.2. The van der Waals surface area contributed by atoms with E-state index in [0.29, 0.717) is 30.2 Å². The lowest BCUT2D eigenvalue weighted by atomic mass is 10.1. The Hall–Kier alpha value is -2.83. The van der Waals surface area contributed by atoms with Gasteiger partial charge in [0.15, 0.2) is 0 Å². The SMILES string of the molecule is COc1cc(OC)cc(C(=O)N2CCN(c3cc(C)nc(C(C)C)n3)CC2)c1. The number of anilines is 1. The fourth-order valence-corrected chi connectivity index (χ4v) is 3.25. The van der Waals surface area contributed by atoms with E-state index in [9.17, 15) is 4.79 Å². The van der Waals surface area contributed by atoms with Crippen molar-refractivity contribution in [3.05, 3.63) is 41.3 Å². The maximum Gasteiger partial charge on any atom is 0.254 e. The van der Waals surface area contributed by atoms with Gasteiger partial charge in [0, 0.05) is 55.5 Å². The zero-order valence-electron chi connectivity index (χ0n) is 17.2. The molecule has 3 rings (SSSR count). The van der Waals surface area contributed by atoms with E-state index in [-0.39, 0.29) is 11.8 Å². The Balaban J connectivity index is 1.71. The Morgan fingerprint density at radius 1 is 0.964 bits per heavy atom. The van der Waals surface area contributed by atoms with Gasteiger partial charge in [-0.05, 0) is 19.1 Å². The van der Waals surface area contributed by atoms with Gasteiger partial charge in [0.05, 0.1) is 14.2 Å². The normalized spacial score (nSPS) is 14.4. The number of methoxy groups -OCH3 is 2. The third kappa shape index (κ3) is 4.35. The molecule has 0 saturated carbocycles. The van der Waals surface area contributed by atoms with Crippen LogP contribution in [0.5, 0.6) is 11.5 Å². The van der Waals surface area contributed by atoms with Crippen LogP contribution in [0.3, 0.4) is 0 Å². The summed E-state index contributed by atoms with van der Waals surface area (Å²) in [6.07, 6.45) is 0. The van der Waals surface area contributed by atoms with Gasteiger partial charge in [0.25, 0.3) is 5.91 Å². The summed E-state index contributed by atoms with van der Waals surface area (Å²) in [6.45, 7) is 8.93. The van der Waals surface area contributed by atoms with Crippen LogP contribution in [0.2, 0.25) is 0 Å². The number of aryl methyl sites for hydroxylation is 1. The molecule has 1 amide bonds. The summed E-state index contributed by atoms with van der Waals surface area (Å²) in [6, 6.07) is 7.27. The van der Waals surface area contributed by atoms with Gasteiger partial charge in [-0.25, -0.2) is 9.97 Å². The summed E-state index contributed by atoms with van der Waals surface area (Å²) in [5.74, 6) is 3.28. The predicted molar refractivity (Wildman–Crippen MR) is 109 cm³/mol. The molecular weight excluding hydrogens is 356 g/mol. The number of nitrogens with zero attached hydrogens (tertiary/aromatic N) is 4. The van der Waals surface area contributed by atoms with E-state index in [4.69, 9.17) is 14.5 Å². The second-order valence-corrected chi connectivity index (χ2v) is 7.26. The van der Waals surface area contributed by atoms with E-state index in [2.05, 4.69) is 23.7 Å². The molecule has 0 N–H and O–H groups in total. The number of carbonyl (C=O) groups excluding carboxylic acids is 1. The van der Waals surface area contributed by atoms with E-state index in [0.717, 1.165) is 30.4 Å². The van der Waals surface area contributed by atoms with Gasteiger partial charge in [-0.3, -0.25) is 4.79 Å². The lowest BCUT2D eigenvalue weighted by molar-refractivity contribution is 0.0745. The number of hydrogen-bond donors (Lipinski definition) is 0. The first-order chi connectivity index (χ1) is 13.4. The molecule has 2 aromatic rings. The highest BCUT2D eigenvalue weighted by Gasteiger charge is 2.24. The highest BCUT2D eigenvalue weighted by molar-refractivity contribution is 5.95. The number of piperazine rings is 1. The lowest BCUT2D eigenvalue weighted by Gasteiger charge is -2.35. The molecule has 0 bridgehead atoms. The molecule has 7 nitrogen and oxygen atoms in total. The van der Waals surface area contributed by atoms with Crippen molar-refractivity contribution in [2.24, 2.45) is 0 Å². The smallest absolute Gasteiger partial charge is 0.254 e. The highest BCUT2D eigenvalue weighted by atomic mass is 16.5. The minimum Gasteiger partial charge on any atom is -0.497 e. The molecule has 1 aliphatic rings. The van der Waals surface area contributed by atoms with Gasteiger partial charge in [-0.2, -0.15) is 0 Å². The van der Waals surface area contributed by atoms with Crippen molar-refractivity contribution in [2.45, 2.75) is 26.7 Å². The molecule has 0 unspecified atom stereocenters. The molecule has 0 aliphatic carbocycles. The van der Waals surface area contributed by atoms with E-state index >= 15 is 0 Å². The Kier molecular flexibility index (Phi) is 6.02. The molecule has 7 heteroatoms. The van der Waals surface area contributed by atoms with Crippen LogP contribution in [0.15, 0.2) is 24.3 Å². The van der Waals surface area contributed by atoms with Crippen LogP contribution in [0.1, 0.15) is 41.6 Å². The van der Waals surface area contributed by atoms with Crippen molar-refractivity contribution >= 4 is 11.7 Å². The van der Waals surface area contributed by atoms with Crippen molar-refractivity contribution in [1.82, 2.24) is 14.9 Å². The van der Waals surface area contributed by atoms with Crippen LogP contribution < -0.4 is 14.4 Å². The highest BCUT2D eigenvalue weighted by Crippen LogP contribution is 2.24. The first-order valence-electron chi connectivity index (χ1n) is 9.54. The van der Waals surface area contributed by atoms with Crippen molar-refractivity contribution < 1.29 is 14.3 Å². The van der Waals surface area contributed by atoms with Crippen molar-refractivity contribution in [3.63, 3.8) is 0 Å². The Labute approximate surface area is 166 Å². The molecule has 150 valence electrons. The zero-order chi connectivity index (χ0) is 20.3. The maximum atomic E-state index is 12.9. The van der Waals surface area contributed by atoms with Crippen LogP contribution in [0.4, 0.5) is 5.82 Å². The number of rotatable bonds is 5. The summed E-state index contributed by atoms with van der Waals surface area (Å²) in [5, 5.41) is 0. The van der Waals surface area contributed by atoms with Crippen LogP contribution in [0.25, 0.3) is 0 Å². The standard InChI is InChI=1S/C21H28N4O3/c1-14(2)20-22-15(3)10-19(23-20)24-6-8-25(9-7-24)21(26)16-11-17(27-4)13-18(12-16)28-5/h10-14H,6-9H2,1-5H3. The third-order valence-corrected chi connectivity index (χ3v) is 4.86. The molecule has 2 heterocycles. The predicted octanol–water partition coefficient (Wildman–Crippen LogP) is 2.89. The average molecular weight is 384 g/mol. The number of benzene rings is 1. The van der Waals surface area contributed by atoms with E-state index in [1.54, 1.807) is 32.4 Å². The van der Waals surface area contributed by atoms with Gasteiger partial charge in [-0.15, -0.1) is 0 Å². The second-order valence-electron chi connectivity index (χ2n) is 7.26. The largest absolute Gasteiger partial charge is 0.497 e. The number of ether oxygens (including phenoxy) is 2. The quantitative estimate of drug-likeness (QED) is 0.790. The molecule has 0 atom stereocenters. The third-order valence-electron chi connectivity index (χ3n) is 4.86. The lowest BCUT2D eigenvalue weighted by Crippen LogP contribution is -2.49. The fourth-order valence-electron chi connectivity index (χ4n) is 3.25. The maximum absolute atomic E-state index is 12.9. The molecule has 0 radical (unpaired) electrons. The van der Waals surface area contributed by atoms with Crippen LogP contribution in [0, 0.1) is 6.92 Å². The molecule has 1 fully saturated rings. The molecular formula is C21H28N4O3. The first kappa shape index (κ1) is 19.9. The Bertz CT molecular complexity index is 823. The van der Waals surface area contributed by atoms with Gasteiger partial charge in [0.2, 0.25) is 0 Å². The summed E-state index contributed by atoms with van der Waals surface area (Å²) in [7, 11) is 3.16. The number of carbonyl (C=O) groups is 1. The molecule has 1 saturated heterocycles. The minimum atomic E-state index is -0.0152. The molecule has 1 aromatic carbocycles. The number of amides is 1. The average Bonchev–Trinajstić information content (AvgIpc) is 2.72. The minimum absolute atomic E-state index is 0.0152. The van der Waals surface area contributed by atoms with Gasteiger partial charge < -0.3 is 19.3 Å². The van der Waals surface area contributed by atoms with Crippen LogP contribution >= 0.6 is 0 Å². The molecule has 1 aromatic heterocycles. The Morgan fingerprint density at radius 3 is 2.11 bits per heavy atom. The van der Waals surface area contributed by atoms with Gasteiger partial charge in [-0.1, -0.05) is 13.8 Å². The van der Waals surface area contributed by atoms with Gasteiger partial charge in [0.1, 0.15) is 23.1 Å². The summed E-state index contributed by atoms with van der Waals surface area (Å²) < 4.78 is 10.6. The monoisotopic (exact) mass is 384 g/mol.